The van der Waals surface area contributed by atoms with E-state index in [0.717, 1.165) is 17.5 Å². The lowest BCUT2D eigenvalue weighted by Gasteiger charge is -1.96. The summed E-state index contributed by atoms with van der Waals surface area (Å²) < 4.78 is 12.7. The summed E-state index contributed by atoms with van der Waals surface area (Å²) in [6.45, 7) is 0. The third kappa shape index (κ3) is 0.978. The SMILES string of the molecule is O/N=C1\CCc2cc(F)ccc21. The average molecular weight is 165 g/mol. The maximum atomic E-state index is 12.7. The molecule has 0 aliphatic heterocycles. The zero-order valence-electron chi connectivity index (χ0n) is 6.42. The summed E-state index contributed by atoms with van der Waals surface area (Å²) in [4.78, 5) is 0. The highest BCUT2D eigenvalue weighted by atomic mass is 19.1. The Bertz CT molecular complexity index is 346. The maximum absolute atomic E-state index is 12.7. The molecule has 2 nitrogen and oxygen atoms in total. The molecule has 0 saturated carbocycles. The zero-order chi connectivity index (χ0) is 8.55. The van der Waals surface area contributed by atoms with Crippen LogP contribution >= 0.6 is 0 Å². The Morgan fingerprint density at radius 1 is 1.33 bits per heavy atom. The summed E-state index contributed by atoms with van der Waals surface area (Å²) in [6, 6.07) is 4.54. The van der Waals surface area contributed by atoms with E-state index in [1.54, 1.807) is 6.07 Å². The van der Waals surface area contributed by atoms with Gasteiger partial charge in [-0.15, -0.1) is 0 Å². The van der Waals surface area contributed by atoms with Gasteiger partial charge in [-0.3, -0.25) is 0 Å². The molecule has 0 unspecified atom stereocenters. The Balaban J connectivity index is 2.55. The molecule has 1 aliphatic rings. The smallest absolute Gasteiger partial charge is 0.123 e. The molecule has 1 aromatic carbocycles. The first-order chi connectivity index (χ1) is 5.81. The topological polar surface area (TPSA) is 32.6 Å². The molecule has 0 spiro atoms. The number of benzene rings is 1. The summed E-state index contributed by atoms with van der Waals surface area (Å²) in [7, 11) is 0. The fraction of sp³-hybridized carbons (Fsp3) is 0.222. The molecule has 0 fully saturated rings. The van der Waals surface area contributed by atoms with Crippen LogP contribution in [0.15, 0.2) is 23.4 Å². The zero-order valence-corrected chi connectivity index (χ0v) is 6.42. The molecule has 1 N–H and O–H groups in total. The quantitative estimate of drug-likeness (QED) is 0.462. The normalized spacial score (nSPS) is 18.2. The minimum atomic E-state index is -0.229. The Morgan fingerprint density at radius 2 is 2.17 bits per heavy atom. The van der Waals surface area contributed by atoms with Gasteiger partial charge in [-0.25, -0.2) is 4.39 Å². The Morgan fingerprint density at radius 3 is 2.92 bits per heavy atom. The highest BCUT2D eigenvalue weighted by Gasteiger charge is 2.17. The second kappa shape index (κ2) is 2.59. The van der Waals surface area contributed by atoms with Crippen LogP contribution in [0.3, 0.4) is 0 Å². The average Bonchev–Trinajstić information content (AvgIpc) is 2.46. The first-order valence-electron chi connectivity index (χ1n) is 3.81. The van der Waals surface area contributed by atoms with Gasteiger partial charge in [-0.2, -0.15) is 0 Å². The Labute approximate surface area is 69.3 Å². The summed E-state index contributed by atoms with van der Waals surface area (Å²) in [5.41, 5.74) is 2.46. The minimum Gasteiger partial charge on any atom is -0.411 e. The molecule has 1 aliphatic carbocycles. The molecule has 0 heterocycles. The van der Waals surface area contributed by atoms with Crippen molar-refractivity contribution in [3.63, 3.8) is 0 Å². The fourth-order valence-corrected chi connectivity index (χ4v) is 1.54. The van der Waals surface area contributed by atoms with Crippen LogP contribution in [0.5, 0.6) is 0 Å². The highest BCUT2D eigenvalue weighted by molar-refractivity contribution is 6.04. The number of hydrogen-bond acceptors (Lipinski definition) is 2. The summed E-state index contributed by atoms with van der Waals surface area (Å²) in [5.74, 6) is -0.229. The van der Waals surface area contributed by atoms with Crippen molar-refractivity contribution < 1.29 is 9.60 Å². The standard InChI is InChI=1S/C9H8FNO/c10-7-2-3-8-6(5-7)1-4-9(8)11-12/h2-3,5,12H,1,4H2/b11-9+. The van der Waals surface area contributed by atoms with E-state index in [0.29, 0.717) is 12.1 Å². The van der Waals surface area contributed by atoms with Gasteiger partial charge in [0.25, 0.3) is 0 Å². The van der Waals surface area contributed by atoms with Gasteiger partial charge in [0, 0.05) is 5.56 Å². The Kier molecular flexibility index (Phi) is 1.57. The molecule has 1 aromatic rings. The van der Waals surface area contributed by atoms with E-state index in [2.05, 4.69) is 5.16 Å². The molecule has 2 rings (SSSR count). The van der Waals surface area contributed by atoms with E-state index < -0.39 is 0 Å². The van der Waals surface area contributed by atoms with Crippen LogP contribution in [-0.2, 0) is 6.42 Å². The first kappa shape index (κ1) is 7.28. The van der Waals surface area contributed by atoms with Crippen LogP contribution in [0, 0.1) is 5.82 Å². The van der Waals surface area contributed by atoms with E-state index in [-0.39, 0.29) is 5.82 Å². The lowest BCUT2D eigenvalue weighted by molar-refractivity contribution is 0.318. The van der Waals surface area contributed by atoms with E-state index in [1.165, 1.54) is 12.1 Å². The molecule has 0 radical (unpaired) electrons. The molecule has 0 atom stereocenters. The molecule has 0 bridgehead atoms. The maximum Gasteiger partial charge on any atom is 0.123 e. The van der Waals surface area contributed by atoms with Crippen LogP contribution in [-0.4, -0.2) is 10.9 Å². The van der Waals surface area contributed by atoms with Crippen LogP contribution in [0.25, 0.3) is 0 Å². The molecule has 0 saturated heterocycles. The number of nitrogens with zero attached hydrogens (tertiary/aromatic N) is 1. The number of halogens is 1. The van der Waals surface area contributed by atoms with Crippen molar-refractivity contribution >= 4 is 5.71 Å². The first-order valence-corrected chi connectivity index (χ1v) is 3.81. The summed E-state index contributed by atoms with van der Waals surface area (Å²) >= 11 is 0. The minimum absolute atomic E-state index is 0.229. The van der Waals surface area contributed by atoms with Gasteiger partial charge in [-0.05, 0) is 36.6 Å². The highest BCUT2D eigenvalue weighted by Crippen LogP contribution is 2.22. The van der Waals surface area contributed by atoms with Crippen molar-refractivity contribution in [1.29, 1.82) is 0 Å². The molecule has 3 heteroatoms. The van der Waals surface area contributed by atoms with Crippen molar-refractivity contribution in [1.82, 2.24) is 0 Å². The van der Waals surface area contributed by atoms with E-state index in [9.17, 15) is 4.39 Å². The van der Waals surface area contributed by atoms with Crippen LogP contribution in [0.4, 0.5) is 4.39 Å². The molecular formula is C9H8FNO. The third-order valence-electron chi connectivity index (χ3n) is 2.13. The van der Waals surface area contributed by atoms with Gasteiger partial charge >= 0.3 is 0 Å². The van der Waals surface area contributed by atoms with Crippen LogP contribution in [0.2, 0.25) is 0 Å². The van der Waals surface area contributed by atoms with Gasteiger partial charge in [0.2, 0.25) is 0 Å². The van der Waals surface area contributed by atoms with Gasteiger partial charge in [0.1, 0.15) is 5.82 Å². The predicted molar refractivity (Wildman–Crippen MR) is 43.0 cm³/mol. The molecule has 12 heavy (non-hydrogen) atoms. The lowest BCUT2D eigenvalue weighted by atomic mass is 10.1. The second-order valence-electron chi connectivity index (χ2n) is 2.85. The monoisotopic (exact) mass is 165 g/mol. The van der Waals surface area contributed by atoms with E-state index >= 15 is 0 Å². The van der Waals surface area contributed by atoms with Crippen molar-refractivity contribution in [2.45, 2.75) is 12.8 Å². The van der Waals surface area contributed by atoms with Gasteiger partial charge in [-0.1, -0.05) is 5.16 Å². The lowest BCUT2D eigenvalue weighted by Crippen LogP contribution is -1.93. The molecule has 0 amide bonds. The number of aryl methyl sites for hydroxylation is 1. The van der Waals surface area contributed by atoms with Gasteiger partial charge in [0.15, 0.2) is 0 Å². The van der Waals surface area contributed by atoms with Gasteiger partial charge < -0.3 is 5.21 Å². The third-order valence-corrected chi connectivity index (χ3v) is 2.13. The molecule has 0 aromatic heterocycles. The number of rotatable bonds is 0. The molecular weight excluding hydrogens is 157 g/mol. The molecule has 62 valence electrons. The number of oxime groups is 1. The largest absolute Gasteiger partial charge is 0.411 e. The van der Waals surface area contributed by atoms with Gasteiger partial charge in [0.05, 0.1) is 5.71 Å². The van der Waals surface area contributed by atoms with Crippen molar-refractivity contribution in [2.24, 2.45) is 5.16 Å². The van der Waals surface area contributed by atoms with Crippen molar-refractivity contribution in [3.8, 4) is 0 Å². The van der Waals surface area contributed by atoms with Crippen LogP contribution in [0.1, 0.15) is 17.5 Å². The predicted octanol–water partition coefficient (Wildman–Crippen LogP) is 1.95. The summed E-state index contributed by atoms with van der Waals surface area (Å²) in [6.07, 6.45) is 1.47. The van der Waals surface area contributed by atoms with E-state index in [4.69, 9.17) is 5.21 Å². The van der Waals surface area contributed by atoms with E-state index in [1.807, 2.05) is 0 Å². The number of fused-ring (bicyclic) bond motifs is 1. The van der Waals surface area contributed by atoms with Crippen molar-refractivity contribution in [3.05, 3.63) is 35.1 Å². The second-order valence-corrected chi connectivity index (χ2v) is 2.85. The Hall–Kier alpha value is -1.38. The fourth-order valence-electron chi connectivity index (χ4n) is 1.54. The summed E-state index contributed by atoms with van der Waals surface area (Å²) in [5, 5.41) is 11.7. The number of hydrogen-bond donors (Lipinski definition) is 1. The van der Waals surface area contributed by atoms with Crippen LogP contribution < -0.4 is 0 Å². The van der Waals surface area contributed by atoms with Crippen molar-refractivity contribution in [2.75, 3.05) is 0 Å².